The molecule has 80 valence electrons. The minimum absolute atomic E-state index is 1.05. The van der Waals surface area contributed by atoms with Gasteiger partial charge in [0.15, 0.2) is 0 Å². The monoisotopic (exact) mass is 239 g/mol. The molecule has 0 aromatic heterocycles. The molecule has 5 heteroatoms. The molecule has 0 fully saturated rings. The first kappa shape index (κ1) is 13.6. The Morgan fingerprint density at radius 3 is 1.69 bits per heavy atom. The van der Waals surface area contributed by atoms with Gasteiger partial charge in [0.1, 0.15) is 0 Å². The van der Waals surface area contributed by atoms with Crippen LogP contribution in [0.15, 0.2) is 0 Å². The largest absolute Gasteiger partial charge is 0.433 e. The van der Waals surface area contributed by atoms with Gasteiger partial charge in [0.25, 0.3) is 16.1 Å². The molecule has 0 aliphatic carbocycles. The zero-order valence-corrected chi connectivity index (χ0v) is 12.4. The van der Waals surface area contributed by atoms with E-state index in [1.54, 1.807) is 0 Å². The Balaban J connectivity index is 4.36. The summed E-state index contributed by atoms with van der Waals surface area (Å²) in [5, 5.41) is 0. The third-order valence-corrected chi connectivity index (χ3v) is 8.81. The van der Waals surface area contributed by atoms with Crippen molar-refractivity contribution in [3.8, 4) is 0 Å². The molecular formula is C8H22ClNOSi2. The zero-order chi connectivity index (χ0) is 10.7. The van der Waals surface area contributed by atoms with E-state index in [0.717, 1.165) is 13.1 Å². The fourth-order valence-corrected chi connectivity index (χ4v) is 10.1. The van der Waals surface area contributed by atoms with E-state index in [2.05, 4.69) is 31.5 Å². The van der Waals surface area contributed by atoms with Gasteiger partial charge < -0.3 is 8.68 Å². The Bertz CT molecular complexity index is 155. The minimum Gasteiger partial charge on any atom is -0.433 e. The van der Waals surface area contributed by atoms with Gasteiger partial charge in [-0.3, -0.25) is 0 Å². The van der Waals surface area contributed by atoms with Gasteiger partial charge in [-0.2, -0.15) is 0 Å². The smallest absolute Gasteiger partial charge is 0.274 e. The molecule has 0 saturated carbocycles. The fraction of sp³-hybridized carbons (Fsp3) is 1.00. The molecular weight excluding hydrogens is 218 g/mol. The first-order valence-electron chi connectivity index (χ1n) is 4.87. The maximum atomic E-state index is 6.20. The summed E-state index contributed by atoms with van der Waals surface area (Å²) in [6, 6.07) is 0. The van der Waals surface area contributed by atoms with Gasteiger partial charge in [0.2, 0.25) is 0 Å². The number of hydrogen-bond acceptors (Lipinski definition) is 2. The highest BCUT2D eigenvalue weighted by atomic mass is 35.6. The fourth-order valence-electron chi connectivity index (χ4n) is 1.64. The van der Waals surface area contributed by atoms with E-state index in [1.165, 1.54) is 0 Å². The highest BCUT2D eigenvalue weighted by molar-refractivity contribution is 7.17. The molecule has 0 aliphatic heterocycles. The van der Waals surface area contributed by atoms with Gasteiger partial charge in [-0.05, 0) is 39.3 Å². The van der Waals surface area contributed by atoms with Crippen molar-refractivity contribution < 1.29 is 4.12 Å². The van der Waals surface area contributed by atoms with Gasteiger partial charge in [0, 0.05) is 0 Å². The number of rotatable bonds is 5. The summed E-state index contributed by atoms with van der Waals surface area (Å²) < 4.78 is 8.45. The van der Waals surface area contributed by atoms with Crippen LogP contribution in [0.1, 0.15) is 13.8 Å². The van der Waals surface area contributed by atoms with Crippen molar-refractivity contribution in [2.45, 2.75) is 40.0 Å². The number of hydrogen-bond donors (Lipinski definition) is 0. The van der Waals surface area contributed by atoms with Crippen LogP contribution in [-0.4, -0.2) is 33.8 Å². The standard InChI is InChI=1S/C8H22ClNOSi2/c1-7-10(8-2)13(5,6)11-12(3,4)9/h7-8H2,1-6H3. The van der Waals surface area contributed by atoms with E-state index in [9.17, 15) is 0 Å². The lowest BCUT2D eigenvalue weighted by Gasteiger charge is -2.38. The van der Waals surface area contributed by atoms with Crippen LogP contribution < -0.4 is 0 Å². The quantitative estimate of drug-likeness (QED) is 0.540. The lowest BCUT2D eigenvalue weighted by atomic mass is 10.7. The van der Waals surface area contributed by atoms with E-state index in [1.807, 2.05) is 13.1 Å². The molecule has 0 unspecified atom stereocenters. The van der Waals surface area contributed by atoms with Crippen molar-refractivity contribution in [1.82, 2.24) is 4.57 Å². The average molecular weight is 240 g/mol. The number of nitrogens with zero attached hydrogens (tertiary/aromatic N) is 1. The molecule has 0 spiro atoms. The number of halogens is 1. The van der Waals surface area contributed by atoms with E-state index in [4.69, 9.17) is 15.2 Å². The van der Waals surface area contributed by atoms with E-state index >= 15 is 0 Å². The SMILES string of the molecule is CCN(CC)[Si](C)(C)O[Si](C)(C)Cl. The predicted molar refractivity (Wildman–Crippen MR) is 64.8 cm³/mol. The second-order valence-electron chi connectivity index (χ2n) is 4.08. The first-order chi connectivity index (χ1) is 5.73. The molecule has 0 aromatic carbocycles. The summed E-state index contributed by atoms with van der Waals surface area (Å²) >= 11 is 6.20. The predicted octanol–water partition coefficient (Wildman–Crippen LogP) is 2.99. The molecule has 0 radical (unpaired) electrons. The van der Waals surface area contributed by atoms with Crippen molar-refractivity contribution >= 4 is 27.2 Å². The van der Waals surface area contributed by atoms with Crippen molar-refractivity contribution in [2.24, 2.45) is 0 Å². The summed E-state index contributed by atoms with van der Waals surface area (Å²) in [6.45, 7) is 15.0. The Kier molecular flexibility index (Phi) is 5.18. The molecule has 2 nitrogen and oxygen atoms in total. The summed E-state index contributed by atoms with van der Waals surface area (Å²) in [7, 11) is -3.60. The Morgan fingerprint density at radius 2 is 1.46 bits per heavy atom. The van der Waals surface area contributed by atoms with Crippen LogP contribution in [0.2, 0.25) is 26.2 Å². The molecule has 0 atom stereocenters. The lowest BCUT2D eigenvalue weighted by Crippen LogP contribution is -2.55. The highest BCUT2D eigenvalue weighted by Crippen LogP contribution is 2.20. The van der Waals surface area contributed by atoms with Crippen LogP contribution >= 0.6 is 11.1 Å². The van der Waals surface area contributed by atoms with Gasteiger partial charge in [-0.1, -0.05) is 13.8 Å². The summed E-state index contributed by atoms with van der Waals surface area (Å²) in [5.74, 6) is 0. The molecule has 0 aromatic rings. The van der Waals surface area contributed by atoms with Gasteiger partial charge >= 0.3 is 0 Å². The second-order valence-corrected chi connectivity index (χ2v) is 13.9. The van der Waals surface area contributed by atoms with E-state index in [0.29, 0.717) is 0 Å². The van der Waals surface area contributed by atoms with Crippen LogP contribution in [0.3, 0.4) is 0 Å². The topological polar surface area (TPSA) is 12.5 Å². The van der Waals surface area contributed by atoms with Crippen LogP contribution in [0, 0.1) is 0 Å². The molecule has 0 saturated heterocycles. The first-order valence-corrected chi connectivity index (χ1v) is 11.6. The van der Waals surface area contributed by atoms with Crippen LogP contribution in [-0.2, 0) is 4.12 Å². The maximum Gasteiger partial charge on any atom is 0.274 e. The molecule has 0 heterocycles. The van der Waals surface area contributed by atoms with E-state index < -0.39 is 16.1 Å². The highest BCUT2D eigenvalue weighted by Gasteiger charge is 2.35. The molecule has 0 N–H and O–H groups in total. The van der Waals surface area contributed by atoms with Crippen LogP contribution in [0.4, 0.5) is 0 Å². The van der Waals surface area contributed by atoms with Gasteiger partial charge in [-0.15, -0.1) is 11.1 Å². The van der Waals surface area contributed by atoms with Gasteiger partial charge in [-0.25, -0.2) is 0 Å². The lowest BCUT2D eigenvalue weighted by molar-refractivity contribution is 0.378. The molecule has 0 aliphatic rings. The van der Waals surface area contributed by atoms with Crippen LogP contribution in [0.5, 0.6) is 0 Å². The van der Waals surface area contributed by atoms with Crippen molar-refractivity contribution in [1.29, 1.82) is 0 Å². The zero-order valence-electron chi connectivity index (χ0n) is 9.65. The third kappa shape index (κ3) is 5.17. The van der Waals surface area contributed by atoms with Crippen molar-refractivity contribution in [3.05, 3.63) is 0 Å². The summed E-state index contributed by atoms with van der Waals surface area (Å²) in [4.78, 5) is 0. The average Bonchev–Trinajstić information content (AvgIpc) is 1.83. The molecule has 13 heavy (non-hydrogen) atoms. The van der Waals surface area contributed by atoms with E-state index in [-0.39, 0.29) is 0 Å². The second kappa shape index (κ2) is 4.93. The van der Waals surface area contributed by atoms with Gasteiger partial charge in [0.05, 0.1) is 0 Å². The molecule has 0 amide bonds. The summed E-state index contributed by atoms with van der Waals surface area (Å²) in [6.07, 6.45) is 0. The minimum atomic E-state index is -1.90. The Hall–Kier alpha value is 0.644. The Labute approximate surface area is 89.3 Å². The molecule has 0 rings (SSSR count). The maximum absolute atomic E-state index is 6.20. The molecule has 0 bridgehead atoms. The van der Waals surface area contributed by atoms with Crippen molar-refractivity contribution in [3.63, 3.8) is 0 Å². The summed E-state index contributed by atoms with van der Waals surface area (Å²) in [5.41, 5.74) is 0. The normalized spacial score (nSPS) is 13.8. The van der Waals surface area contributed by atoms with Crippen molar-refractivity contribution in [2.75, 3.05) is 13.1 Å². The van der Waals surface area contributed by atoms with Crippen LogP contribution in [0.25, 0.3) is 0 Å². The third-order valence-electron chi connectivity index (χ3n) is 2.02. The Morgan fingerprint density at radius 1 is 1.08 bits per heavy atom.